The van der Waals surface area contributed by atoms with E-state index in [1.807, 2.05) is 56.3 Å². The number of amides is 2. The van der Waals surface area contributed by atoms with Gasteiger partial charge < -0.3 is 15.0 Å². The first-order chi connectivity index (χ1) is 13.4. The van der Waals surface area contributed by atoms with Gasteiger partial charge in [-0.15, -0.1) is 0 Å². The fraction of sp³-hybridized carbons (Fsp3) is 0.318. The molecule has 6 heteroatoms. The first-order valence-electron chi connectivity index (χ1n) is 9.28. The molecule has 0 unspecified atom stereocenters. The van der Waals surface area contributed by atoms with E-state index in [-0.39, 0.29) is 18.9 Å². The molecule has 0 saturated carbocycles. The Balaban J connectivity index is 1.47. The molecule has 2 amide bonds. The van der Waals surface area contributed by atoms with Gasteiger partial charge in [0.25, 0.3) is 5.91 Å². The summed E-state index contributed by atoms with van der Waals surface area (Å²) in [7, 11) is 0. The van der Waals surface area contributed by atoms with E-state index in [1.54, 1.807) is 11.0 Å². The maximum absolute atomic E-state index is 12.3. The Bertz CT molecular complexity index is 879. The van der Waals surface area contributed by atoms with Crippen LogP contribution < -0.4 is 5.32 Å². The van der Waals surface area contributed by atoms with Gasteiger partial charge in [0.1, 0.15) is 0 Å². The molecule has 1 N–H and O–H groups in total. The quantitative estimate of drug-likeness (QED) is 0.782. The van der Waals surface area contributed by atoms with Crippen molar-refractivity contribution < 1.29 is 19.1 Å². The number of likely N-dealkylation sites (tertiary alicyclic amines) is 1. The molecule has 1 saturated heterocycles. The zero-order chi connectivity index (χ0) is 20.1. The number of carbonyl (C=O) groups is 3. The average molecular weight is 380 g/mol. The number of esters is 1. The summed E-state index contributed by atoms with van der Waals surface area (Å²) in [5.41, 5.74) is 3.88. The summed E-state index contributed by atoms with van der Waals surface area (Å²) in [6.45, 7) is 4.37. The van der Waals surface area contributed by atoms with E-state index in [9.17, 15) is 14.4 Å². The van der Waals surface area contributed by atoms with Gasteiger partial charge in [0, 0.05) is 25.2 Å². The molecule has 1 heterocycles. The van der Waals surface area contributed by atoms with Gasteiger partial charge in [-0.1, -0.05) is 36.4 Å². The van der Waals surface area contributed by atoms with Crippen LogP contribution in [0.3, 0.4) is 0 Å². The maximum Gasteiger partial charge on any atom is 0.311 e. The molecule has 1 aliphatic rings. The van der Waals surface area contributed by atoms with Gasteiger partial charge in [-0.25, -0.2) is 0 Å². The standard InChI is InChI=1S/C22H24N2O4/c1-15-8-9-19(10-16(15)2)23-20(25)14-28-22(27)18-11-21(26)24(13-18)12-17-6-4-3-5-7-17/h3-10,18H,11-14H2,1-2H3,(H,23,25)/t18-/m0/s1. The van der Waals surface area contributed by atoms with Crippen LogP contribution in [0.15, 0.2) is 48.5 Å². The lowest BCUT2D eigenvalue weighted by Gasteiger charge is -2.16. The molecule has 0 bridgehead atoms. The minimum absolute atomic E-state index is 0.0783. The summed E-state index contributed by atoms with van der Waals surface area (Å²) in [6.07, 6.45) is 0.116. The number of hydrogen-bond acceptors (Lipinski definition) is 4. The van der Waals surface area contributed by atoms with E-state index < -0.39 is 17.8 Å². The Morgan fingerprint density at radius 1 is 1.11 bits per heavy atom. The highest BCUT2D eigenvalue weighted by Crippen LogP contribution is 2.21. The van der Waals surface area contributed by atoms with E-state index >= 15 is 0 Å². The minimum Gasteiger partial charge on any atom is -0.455 e. The number of rotatable bonds is 6. The number of anilines is 1. The molecule has 146 valence electrons. The van der Waals surface area contributed by atoms with Crippen LogP contribution >= 0.6 is 0 Å². The lowest BCUT2D eigenvalue weighted by molar-refractivity contribution is -0.151. The predicted molar refractivity (Wildman–Crippen MR) is 105 cm³/mol. The van der Waals surface area contributed by atoms with Gasteiger partial charge >= 0.3 is 5.97 Å². The largest absolute Gasteiger partial charge is 0.455 e. The number of benzene rings is 2. The van der Waals surface area contributed by atoms with Crippen LogP contribution in [0.2, 0.25) is 0 Å². The van der Waals surface area contributed by atoms with Crippen LogP contribution in [-0.4, -0.2) is 35.8 Å². The van der Waals surface area contributed by atoms with Crippen molar-refractivity contribution in [3.63, 3.8) is 0 Å². The maximum atomic E-state index is 12.3. The second-order valence-electron chi connectivity index (χ2n) is 7.12. The Hall–Kier alpha value is -3.15. The van der Waals surface area contributed by atoms with Crippen LogP contribution in [0.25, 0.3) is 0 Å². The SMILES string of the molecule is Cc1ccc(NC(=O)COC(=O)[C@H]2CC(=O)N(Cc3ccccc3)C2)cc1C. The zero-order valence-electron chi connectivity index (χ0n) is 16.1. The Morgan fingerprint density at radius 2 is 1.86 bits per heavy atom. The highest BCUT2D eigenvalue weighted by molar-refractivity contribution is 5.93. The van der Waals surface area contributed by atoms with Gasteiger partial charge in [0.15, 0.2) is 6.61 Å². The molecular formula is C22H24N2O4. The molecule has 0 aliphatic carbocycles. The highest BCUT2D eigenvalue weighted by atomic mass is 16.5. The van der Waals surface area contributed by atoms with Crippen molar-refractivity contribution in [3.8, 4) is 0 Å². The van der Waals surface area contributed by atoms with Crippen molar-refractivity contribution >= 4 is 23.5 Å². The normalized spacial score (nSPS) is 16.1. The lowest BCUT2D eigenvalue weighted by atomic mass is 10.1. The number of nitrogens with one attached hydrogen (secondary N) is 1. The summed E-state index contributed by atoms with van der Waals surface area (Å²) in [6, 6.07) is 15.2. The second kappa shape index (κ2) is 8.69. The van der Waals surface area contributed by atoms with Crippen molar-refractivity contribution in [2.45, 2.75) is 26.8 Å². The summed E-state index contributed by atoms with van der Waals surface area (Å²) in [5, 5.41) is 2.71. The van der Waals surface area contributed by atoms with E-state index in [0.29, 0.717) is 18.8 Å². The van der Waals surface area contributed by atoms with Crippen LogP contribution in [0.1, 0.15) is 23.1 Å². The number of aryl methyl sites for hydroxylation is 2. The van der Waals surface area contributed by atoms with E-state index in [4.69, 9.17) is 4.74 Å². The zero-order valence-corrected chi connectivity index (χ0v) is 16.1. The van der Waals surface area contributed by atoms with Crippen LogP contribution in [0, 0.1) is 19.8 Å². The molecular weight excluding hydrogens is 356 g/mol. The molecule has 1 aliphatic heterocycles. The molecule has 0 aromatic heterocycles. The average Bonchev–Trinajstić information content (AvgIpc) is 3.04. The fourth-order valence-corrected chi connectivity index (χ4v) is 3.16. The number of nitrogens with zero attached hydrogens (tertiary/aromatic N) is 1. The van der Waals surface area contributed by atoms with Crippen molar-refractivity contribution in [1.82, 2.24) is 4.90 Å². The van der Waals surface area contributed by atoms with Gasteiger partial charge in [-0.3, -0.25) is 14.4 Å². The molecule has 3 rings (SSSR count). The Morgan fingerprint density at radius 3 is 2.57 bits per heavy atom. The minimum atomic E-state index is -0.536. The van der Waals surface area contributed by atoms with Gasteiger partial charge in [-0.2, -0.15) is 0 Å². The molecule has 6 nitrogen and oxygen atoms in total. The van der Waals surface area contributed by atoms with Crippen molar-refractivity contribution in [2.24, 2.45) is 5.92 Å². The van der Waals surface area contributed by atoms with E-state index in [0.717, 1.165) is 16.7 Å². The third kappa shape index (κ3) is 4.97. The van der Waals surface area contributed by atoms with E-state index in [1.165, 1.54) is 0 Å². The molecule has 0 radical (unpaired) electrons. The smallest absolute Gasteiger partial charge is 0.311 e. The van der Waals surface area contributed by atoms with Crippen molar-refractivity contribution in [3.05, 3.63) is 65.2 Å². The summed E-state index contributed by atoms with van der Waals surface area (Å²) >= 11 is 0. The van der Waals surface area contributed by atoms with Crippen molar-refractivity contribution in [2.75, 3.05) is 18.5 Å². The third-order valence-corrected chi connectivity index (χ3v) is 4.90. The second-order valence-corrected chi connectivity index (χ2v) is 7.12. The molecule has 1 atom stereocenters. The van der Waals surface area contributed by atoms with Gasteiger partial charge in [0.05, 0.1) is 5.92 Å². The number of hydrogen-bond donors (Lipinski definition) is 1. The number of ether oxygens (including phenoxy) is 1. The molecule has 0 spiro atoms. The summed E-state index contributed by atoms with van der Waals surface area (Å²) in [4.78, 5) is 38.1. The Kier molecular flexibility index (Phi) is 6.09. The first-order valence-corrected chi connectivity index (χ1v) is 9.28. The molecule has 2 aromatic carbocycles. The fourth-order valence-electron chi connectivity index (χ4n) is 3.16. The topological polar surface area (TPSA) is 75.7 Å². The van der Waals surface area contributed by atoms with Crippen molar-refractivity contribution in [1.29, 1.82) is 0 Å². The first kappa shape index (κ1) is 19.6. The van der Waals surface area contributed by atoms with Crippen LogP contribution in [0.4, 0.5) is 5.69 Å². The molecule has 1 fully saturated rings. The van der Waals surface area contributed by atoms with E-state index in [2.05, 4.69) is 5.32 Å². The highest BCUT2D eigenvalue weighted by Gasteiger charge is 2.35. The Labute approximate surface area is 164 Å². The monoisotopic (exact) mass is 380 g/mol. The summed E-state index contributed by atoms with van der Waals surface area (Å²) < 4.78 is 5.13. The van der Waals surface area contributed by atoms with Crippen LogP contribution in [-0.2, 0) is 25.7 Å². The lowest BCUT2D eigenvalue weighted by Crippen LogP contribution is -2.28. The van der Waals surface area contributed by atoms with Gasteiger partial charge in [0.2, 0.25) is 5.91 Å². The van der Waals surface area contributed by atoms with Gasteiger partial charge in [-0.05, 0) is 42.7 Å². The number of carbonyl (C=O) groups excluding carboxylic acids is 3. The van der Waals surface area contributed by atoms with Crippen LogP contribution in [0.5, 0.6) is 0 Å². The third-order valence-electron chi connectivity index (χ3n) is 4.90. The molecule has 2 aromatic rings. The molecule has 28 heavy (non-hydrogen) atoms. The summed E-state index contributed by atoms with van der Waals surface area (Å²) in [5.74, 6) is -1.53. The predicted octanol–water partition coefficient (Wildman–Crippen LogP) is 2.83.